The van der Waals surface area contributed by atoms with Gasteiger partial charge in [0.1, 0.15) is 0 Å². The molecule has 0 spiro atoms. The minimum atomic E-state index is -0.397. The van der Waals surface area contributed by atoms with Crippen molar-refractivity contribution in [2.24, 2.45) is 11.0 Å². The number of nitrogens with one attached hydrogen (secondary N) is 2. The number of para-hydroxylation sites is 1. The van der Waals surface area contributed by atoms with Crippen LogP contribution in [0.3, 0.4) is 0 Å². The largest absolute Gasteiger partial charge is 0.339 e. The van der Waals surface area contributed by atoms with Gasteiger partial charge in [-0.1, -0.05) is 37.6 Å². The number of nitrogens with zero attached hydrogens (tertiary/aromatic N) is 1. The van der Waals surface area contributed by atoms with E-state index in [1.807, 2.05) is 6.92 Å². The van der Waals surface area contributed by atoms with Crippen molar-refractivity contribution in [1.29, 1.82) is 0 Å². The molecule has 0 aliphatic carbocycles. The molecule has 1 aromatic rings. The SMILES string of the molecule is CC(CC(C)C)=NNC(=O)Nc1ccccc1Cl. The summed E-state index contributed by atoms with van der Waals surface area (Å²) in [6, 6.07) is 6.65. The van der Waals surface area contributed by atoms with E-state index in [9.17, 15) is 4.79 Å². The topological polar surface area (TPSA) is 53.5 Å². The molecule has 0 saturated heterocycles. The first-order chi connectivity index (χ1) is 8.49. The summed E-state index contributed by atoms with van der Waals surface area (Å²) in [7, 11) is 0. The van der Waals surface area contributed by atoms with Crippen LogP contribution in [-0.2, 0) is 0 Å². The maximum Gasteiger partial charge on any atom is 0.339 e. The van der Waals surface area contributed by atoms with Gasteiger partial charge in [0.05, 0.1) is 10.7 Å². The third-order valence-corrected chi connectivity index (χ3v) is 2.50. The molecule has 98 valence electrons. The molecule has 5 heteroatoms. The van der Waals surface area contributed by atoms with Gasteiger partial charge < -0.3 is 5.32 Å². The molecule has 0 saturated carbocycles. The summed E-state index contributed by atoms with van der Waals surface area (Å²) < 4.78 is 0. The molecular weight excluding hydrogens is 250 g/mol. The van der Waals surface area contributed by atoms with Crippen molar-refractivity contribution in [3.05, 3.63) is 29.3 Å². The Bertz CT molecular complexity index is 444. The standard InChI is InChI=1S/C13H18ClN3O/c1-9(2)8-10(3)16-17-13(18)15-12-7-5-4-6-11(12)14/h4-7,9H,8H2,1-3H3,(H2,15,17,18). The normalized spacial score (nSPS) is 11.5. The highest BCUT2D eigenvalue weighted by Crippen LogP contribution is 2.19. The number of carbonyl (C=O) groups excluding carboxylic acids is 1. The van der Waals surface area contributed by atoms with Crippen LogP contribution in [0.1, 0.15) is 27.2 Å². The van der Waals surface area contributed by atoms with E-state index in [4.69, 9.17) is 11.6 Å². The van der Waals surface area contributed by atoms with Gasteiger partial charge in [-0.2, -0.15) is 5.10 Å². The Balaban J connectivity index is 2.50. The number of rotatable bonds is 4. The van der Waals surface area contributed by atoms with Crippen LogP contribution in [0.4, 0.5) is 10.5 Å². The van der Waals surface area contributed by atoms with E-state index in [0.29, 0.717) is 16.6 Å². The number of halogens is 1. The van der Waals surface area contributed by atoms with Crippen molar-refractivity contribution in [1.82, 2.24) is 5.43 Å². The minimum Gasteiger partial charge on any atom is -0.305 e. The number of amides is 2. The fourth-order valence-electron chi connectivity index (χ4n) is 1.50. The summed E-state index contributed by atoms with van der Waals surface area (Å²) in [6.45, 7) is 6.08. The predicted octanol–water partition coefficient (Wildman–Crippen LogP) is 3.88. The zero-order valence-corrected chi connectivity index (χ0v) is 11.6. The monoisotopic (exact) mass is 267 g/mol. The Morgan fingerprint density at radius 3 is 2.67 bits per heavy atom. The Kier molecular flexibility index (Phi) is 5.65. The summed E-state index contributed by atoms with van der Waals surface area (Å²) >= 11 is 5.92. The van der Waals surface area contributed by atoms with Gasteiger partial charge in [-0.3, -0.25) is 0 Å². The highest BCUT2D eigenvalue weighted by Gasteiger charge is 2.04. The third kappa shape index (κ3) is 5.19. The van der Waals surface area contributed by atoms with Gasteiger partial charge >= 0.3 is 6.03 Å². The van der Waals surface area contributed by atoms with Crippen LogP contribution in [0.5, 0.6) is 0 Å². The lowest BCUT2D eigenvalue weighted by Gasteiger charge is -2.07. The van der Waals surface area contributed by atoms with Gasteiger partial charge in [0.25, 0.3) is 0 Å². The summed E-state index contributed by atoms with van der Waals surface area (Å²) in [5.41, 5.74) is 3.89. The summed E-state index contributed by atoms with van der Waals surface area (Å²) in [4.78, 5) is 11.6. The molecule has 0 unspecified atom stereocenters. The van der Waals surface area contributed by atoms with Crippen molar-refractivity contribution in [2.45, 2.75) is 27.2 Å². The number of hydrazone groups is 1. The third-order valence-electron chi connectivity index (χ3n) is 2.17. The second kappa shape index (κ2) is 7.01. The minimum absolute atomic E-state index is 0.397. The highest BCUT2D eigenvalue weighted by atomic mass is 35.5. The van der Waals surface area contributed by atoms with Crippen LogP contribution in [0.15, 0.2) is 29.4 Å². The Morgan fingerprint density at radius 2 is 2.06 bits per heavy atom. The van der Waals surface area contributed by atoms with E-state index in [-0.39, 0.29) is 0 Å². The highest BCUT2D eigenvalue weighted by molar-refractivity contribution is 6.33. The smallest absolute Gasteiger partial charge is 0.305 e. The van der Waals surface area contributed by atoms with Gasteiger partial charge in [0.2, 0.25) is 0 Å². The Labute approximate surface area is 112 Å². The molecule has 18 heavy (non-hydrogen) atoms. The van der Waals surface area contributed by atoms with E-state index in [0.717, 1.165) is 12.1 Å². The second-order valence-electron chi connectivity index (χ2n) is 4.49. The fourth-order valence-corrected chi connectivity index (χ4v) is 1.68. The molecule has 4 nitrogen and oxygen atoms in total. The summed E-state index contributed by atoms with van der Waals surface area (Å²) in [6.07, 6.45) is 0.854. The number of anilines is 1. The lowest BCUT2D eigenvalue weighted by molar-refractivity contribution is 0.252. The van der Waals surface area contributed by atoms with E-state index >= 15 is 0 Å². The van der Waals surface area contributed by atoms with Gasteiger partial charge in [-0.15, -0.1) is 0 Å². The van der Waals surface area contributed by atoms with E-state index in [1.165, 1.54) is 0 Å². The Hall–Kier alpha value is -1.55. The summed E-state index contributed by atoms with van der Waals surface area (Å²) in [5.74, 6) is 0.516. The van der Waals surface area contributed by atoms with Crippen molar-refractivity contribution >= 4 is 29.0 Å². The first-order valence-electron chi connectivity index (χ1n) is 5.83. The van der Waals surface area contributed by atoms with Crippen molar-refractivity contribution < 1.29 is 4.79 Å². The second-order valence-corrected chi connectivity index (χ2v) is 4.90. The lowest BCUT2D eigenvalue weighted by Crippen LogP contribution is -2.25. The lowest BCUT2D eigenvalue weighted by atomic mass is 10.1. The zero-order valence-electron chi connectivity index (χ0n) is 10.8. The average Bonchev–Trinajstić information content (AvgIpc) is 2.29. The molecule has 2 N–H and O–H groups in total. The van der Waals surface area contributed by atoms with Gasteiger partial charge in [-0.25, -0.2) is 10.2 Å². The fraction of sp³-hybridized carbons (Fsp3) is 0.385. The molecule has 0 radical (unpaired) electrons. The van der Waals surface area contributed by atoms with Gasteiger partial charge in [-0.05, 0) is 31.4 Å². The van der Waals surface area contributed by atoms with Crippen LogP contribution in [-0.4, -0.2) is 11.7 Å². The molecule has 2 amide bonds. The van der Waals surface area contributed by atoms with Crippen molar-refractivity contribution in [2.75, 3.05) is 5.32 Å². The molecule has 0 aliphatic rings. The number of hydrogen-bond acceptors (Lipinski definition) is 2. The van der Waals surface area contributed by atoms with Crippen LogP contribution >= 0.6 is 11.6 Å². The van der Waals surface area contributed by atoms with E-state index in [1.54, 1.807) is 24.3 Å². The summed E-state index contributed by atoms with van der Waals surface area (Å²) in [5, 5.41) is 7.13. The maximum absolute atomic E-state index is 11.6. The molecule has 1 rings (SSSR count). The van der Waals surface area contributed by atoms with Crippen LogP contribution in [0.2, 0.25) is 5.02 Å². The number of hydrogen-bond donors (Lipinski definition) is 2. The molecule has 0 bridgehead atoms. The van der Waals surface area contributed by atoms with Gasteiger partial charge in [0.15, 0.2) is 0 Å². The van der Waals surface area contributed by atoms with Crippen LogP contribution < -0.4 is 10.7 Å². The predicted molar refractivity (Wildman–Crippen MR) is 76.2 cm³/mol. The molecular formula is C13H18ClN3O. The first kappa shape index (κ1) is 14.5. The van der Waals surface area contributed by atoms with E-state index in [2.05, 4.69) is 29.7 Å². The Morgan fingerprint density at radius 1 is 1.39 bits per heavy atom. The van der Waals surface area contributed by atoms with Crippen molar-refractivity contribution in [3.63, 3.8) is 0 Å². The molecule has 0 aromatic heterocycles. The number of carbonyl (C=O) groups is 1. The first-order valence-corrected chi connectivity index (χ1v) is 6.21. The van der Waals surface area contributed by atoms with E-state index < -0.39 is 6.03 Å². The quantitative estimate of drug-likeness (QED) is 0.631. The molecule has 0 heterocycles. The van der Waals surface area contributed by atoms with Gasteiger partial charge in [0, 0.05) is 5.71 Å². The van der Waals surface area contributed by atoms with Crippen LogP contribution in [0.25, 0.3) is 0 Å². The average molecular weight is 268 g/mol. The maximum atomic E-state index is 11.6. The number of urea groups is 1. The molecule has 0 aliphatic heterocycles. The molecule has 0 fully saturated rings. The van der Waals surface area contributed by atoms with Crippen molar-refractivity contribution in [3.8, 4) is 0 Å². The van der Waals surface area contributed by atoms with Crippen LogP contribution in [0, 0.1) is 5.92 Å². The zero-order chi connectivity index (χ0) is 13.5. The number of benzene rings is 1. The molecule has 0 atom stereocenters. The molecule has 1 aromatic carbocycles.